The molecule has 0 aromatic carbocycles. The lowest BCUT2D eigenvalue weighted by atomic mass is 10.0. The molecule has 0 bridgehead atoms. The highest BCUT2D eigenvalue weighted by Crippen LogP contribution is 2.27. The van der Waals surface area contributed by atoms with Crippen molar-refractivity contribution in [2.75, 3.05) is 5.75 Å². The first-order chi connectivity index (χ1) is 9.70. The van der Waals surface area contributed by atoms with Crippen molar-refractivity contribution in [1.29, 1.82) is 5.26 Å². The highest BCUT2D eigenvalue weighted by Gasteiger charge is 2.32. The van der Waals surface area contributed by atoms with Crippen LogP contribution in [-0.2, 0) is 0 Å². The number of nitrogens with one attached hydrogen (secondary N) is 2. The number of H-pyrrole nitrogens is 1. The van der Waals surface area contributed by atoms with Gasteiger partial charge in [-0.1, -0.05) is 0 Å². The first-order valence-corrected chi connectivity index (χ1v) is 7.64. The smallest absolute Gasteiger partial charge is 0.181 e. The zero-order valence-electron chi connectivity index (χ0n) is 11.3. The number of rotatable bonds is 6. The SMILES string of the molecule is CC(C#N)(CCSc1ncnc2nc[nH]c12)NC1CC1. The lowest BCUT2D eigenvalue weighted by Gasteiger charge is -2.22. The first-order valence-electron chi connectivity index (χ1n) is 6.66. The minimum atomic E-state index is -0.450. The summed E-state index contributed by atoms with van der Waals surface area (Å²) in [6.45, 7) is 1.97. The summed E-state index contributed by atoms with van der Waals surface area (Å²) in [7, 11) is 0. The maximum absolute atomic E-state index is 9.33. The summed E-state index contributed by atoms with van der Waals surface area (Å²) in [6, 6.07) is 2.92. The standard InChI is InChI=1S/C13H16N6S/c1-13(6-14,19-9-2-3-9)4-5-20-12-10-11(16-7-15-10)17-8-18-12/h7-9,19H,2-5H2,1H3,(H,15,16,17,18). The second-order valence-corrected chi connectivity index (χ2v) is 6.32. The van der Waals surface area contributed by atoms with E-state index in [9.17, 15) is 5.26 Å². The van der Waals surface area contributed by atoms with Gasteiger partial charge >= 0.3 is 0 Å². The number of thioether (sulfide) groups is 1. The molecule has 1 atom stereocenters. The van der Waals surface area contributed by atoms with Crippen LogP contribution in [0.3, 0.4) is 0 Å². The van der Waals surface area contributed by atoms with E-state index >= 15 is 0 Å². The summed E-state index contributed by atoms with van der Waals surface area (Å²) < 4.78 is 0. The van der Waals surface area contributed by atoms with Crippen LogP contribution in [0, 0.1) is 11.3 Å². The molecule has 1 aliphatic rings. The molecule has 104 valence electrons. The van der Waals surface area contributed by atoms with Gasteiger partial charge in [-0.15, -0.1) is 11.8 Å². The van der Waals surface area contributed by atoms with E-state index in [1.807, 2.05) is 6.92 Å². The van der Waals surface area contributed by atoms with Gasteiger partial charge in [-0.05, 0) is 26.2 Å². The quantitative estimate of drug-likeness (QED) is 0.623. The van der Waals surface area contributed by atoms with Gasteiger partial charge in [-0.2, -0.15) is 5.26 Å². The summed E-state index contributed by atoms with van der Waals surface area (Å²) >= 11 is 1.63. The minimum absolute atomic E-state index is 0.450. The maximum Gasteiger partial charge on any atom is 0.181 e. The molecule has 0 amide bonds. The molecule has 0 spiro atoms. The van der Waals surface area contributed by atoms with E-state index in [4.69, 9.17) is 0 Å². The van der Waals surface area contributed by atoms with Gasteiger partial charge in [0.15, 0.2) is 5.65 Å². The van der Waals surface area contributed by atoms with Crippen molar-refractivity contribution < 1.29 is 0 Å². The van der Waals surface area contributed by atoms with Crippen molar-refractivity contribution in [2.45, 2.75) is 42.8 Å². The topological polar surface area (TPSA) is 90.3 Å². The van der Waals surface area contributed by atoms with E-state index in [1.54, 1.807) is 18.1 Å². The molecule has 1 unspecified atom stereocenters. The maximum atomic E-state index is 9.33. The number of aromatic amines is 1. The van der Waals surface area contributed by atoms with Crippen LogP contribution in [0.5, 0.6) is 0 Å². The van der Waals surface area contributed by atoms with Crippen LogP contribution in [0.15, 0.2) is 17.7 Å². The zero-order chi connectivity index (χ0) is 14.0. The molecule has 0 saturated heterocycles. The van der Waals surface area contributed by atoms with E-state index in [1.165, 1.54) is 19.2 Å². The monoisotopic (exact) mass is 288 g/mol. The lowest BCUT2D eigenvalue weighted by Crippen LogP contribution is -2.42. The van der Waals surface area contributed by atoms with Crippen LogP contribution in [0.1, 0.15) is 26.2 Å². The lowest BCUT2D eigenvalue weighted by molar-refractivity contribution is 0.433. The van der Waals surface area contributed by atoms with Gasteiger partial charge in [0.2, 0.25) is 0 Å². The predicted octanol–water partition coefficient (Wildman–Crippen LogP) is 1.87. The van der Waals surface area contributed by atoms with Gasteiger partial charge < -0.3 is 4.98 Å². The van der Waals surface area contributed by atoms with Gasteiger partial charge in [-0.25, -0.2) is 15.0 Å². The number of hydrogen-bond donors (Lipinski definition) is 2. The third-order valence-electron chi connectivity index (χ3n) is 3.38. The molecule has 1 aliphatic carbocycles. The molecule has 2 aromatic heterocycles. The summed E-state index contributed by atoms with van der Waals surface area (Å²) in [5.41, 5.74) is 1.10. The van der Waals surface area contributed by atoms with Crippen molar-refractivity contribution in [3.05, 3.63) is 12.7 Å². The normalized spacial score (nSPS) is 17.8. The molecule has 2 N–H and O–H groups in total. The van der Waals surface area contributed by atoms with Crippen molar-refractivity contribution in [3.8, 4) is 6.07 Å². The molecule has 2 heterocycles. The zero-order valence-corrected chi connectivity index (χ0v) is 12.1. The average molecular weight is 288 g/mol. The van der Waals surface area contributed by atoms with Crippen LogP contribution in [0.25, 0.3) is 11.2 Å². The molecular weight excluding hydrogens is 272 g/mol. The van der Waals surface area contributed by atoms with Gasteiger partial charge in [-0.3, -0.25) is 5.32 Å². The van der Waals surface area contributed by atoms with Crippen molar-refractivity contribution in [1.82, 2.24) is 25.3 Å². The Hall–Kier alpha value is -1.65. The van der Waals surface area contributed by atoms with Crippen LogP contribution >= 0.6 is 11.8 Å². The Bertz CT molecular complexity index is 644. The molecule has 3 rings (SSSR count). The number of fused-ring (bicyclic) bond motifs is 1. The number of imidazole rings is 1. The molecule has 1 saturated carbocycles. The van der Waals surface area contributed by atoms with Crippen molar-refractivity contribution >= 4 is 22.9 Å². The summed E-state index contributed by atoms with van der Waals surface area (Å²) in [6.07, 6.45) is 6.30. The number of hydrogen-bond acceptors (Lipinski definition) is 6. The second kappa shape index (κ2) is 5.38. The molecular formula is C13H16N6S. The molecule has 2 aromatic rings. The van der Waals surface area contributed by atoms with E-state index in [0.717, 1.165) is 22.7 Å². The summed E-state index contributed by atoms with van der Waals surface area (Å²) in [5.74, 6) is 0.828. The number of aromatic nitrogens is 4. The van der Waals surface area contributed by atoms with E-state index in [0.29, 0.717) is 11.7 Å². The van der Waals surface area contributed by atoms with Gasteiger partial charge in [0.1, 0.15) is 22.4 Å². The Balaban J connectivity index is 1.61. The minimum Gasteiger partial charge on any atom is -0.341 e. The van der Waals surface area contributed by atoms with Gasteiger partial charge in [0.25, 0.3) is 0 Å². The molecule has 6 nitrogen and oxygen atoms in total. The number of nitrogens with zero attached hydrogens (tertiary/aromatic N) is 4. The van der Waals surface area contributed by atoms with E-state index in [2.05, 4.69) is 31.3 Å². The molecule has 0 aliphatic heterocycles. The van der Waals surface area contributed by atoms with Crippen LogP contribution in [0.2, 0.25) is 0 Å². The fraction of sp³-hybridized carbons (Fsp3) is 0.538. The van der Waals surface area contributed by atoms with Crippen LogP contribution in [0.4, 0.5) is 0 Å². The Kier molecular flexibility index (Phi) is 3.59. The Morgan fingerprint density at radius 1 is 1.50 bits per heavy atom. The fourth-order valence-corrected chi connectivity index (χ4v) is 3.16. The summed E-state index contributed by atoms with van der Waals surface area (Å²) in [4.78, 5) is 15.5. The Morgan fingerprint density at radius 3 is 3.10 bits per heavy atom. The highest BCUT2D eigenvalue weighted by molar-refractivity contribution is 7.99. The fourth-order valence-electron chi connectivity index (χ4n) is 2.04. The largest absolute Gasteiger partial charge is 0.341 e. The van der Waals surface area contributed by atoms with Gasteiger partial charge in [0.05, 0.1) is 12.4 Å². The van der Waals surface area contributed by atoms with Crippen LogP contribution in [-0.4, -0.2) is 37.3 Å². The number of nitriles is 1. The average Bonchev–Trinajstić information content (AvgIpc) is 3.12. The first kappa shape index (κ1) is 13.3. The van der Waals surface area contributed by atoms with Crippen molar-refractivity contribution in [2.24, 2.45) is 0 Å². The highest BCUT2D eigenvalue weighted by atomic mass is 32.2. The van der Waals surface area contributed by atoms with Crippen LogP contribution < -0.4 is 5.32 Å². The Morgan fingerprint density at radius 2 is 2.35 bits per heavy atom. The van der Waals surface area contributed by atoms with Crippen molar-refractivity contribution in [3.63, 3.8) is 0 Å². The third-order valence-corrected chi connectivity index (χ3v) is 4.37. The summed E-state index contributed by atoms with van der Waals surface area (Å²) in [5, 5.41) is 13.6. The predicted molar refractivity (Wildman–Crippen MR) is 77.2 cm³/mol. The molecule has 7 heteroatoms. The van der Waals surface area contributed by atoms with Gasteiger partial charge in [0, 0.05) is 11.8 Å². The molecule has 20 heavy (non-hydrogen) atoms. The second-order valence-electron chi connectivity index (χ2n) is 5.24. The molecule has 0 radical (unpaired) electrons. The Labute approximate surface area is 121 Å². The molecule has 1 fully saturated rings. The van der Waals surface area contributed by atoms with E-state index < -0.39 is 5.54 Å². The third kappa shape index (κ3) is 2.92. The van der Waals surface area contributed by atoms with E-state index in [-0.39, 0.29) is 0 Å².